The Kier molecular flexibility index (Phi) is 7.76. The normalized spacial score (nSPS) is 18.2. The fourth-order valence-electron chi connectivity index (χ4n) is 4.29. The molecular weight excluding hydrogens is 511 g/mol. The summed E-state index contributed by atoms with van der Waals surface area (Å²) in [5.74, 6) is -7.79. The zero-order chi connectivity index (χ0) is 27.6. The number of hydrogen-bond donors (Lipinski definition) is 1. The Labute approximate surface area is 214 Å². The molecule has 0 heterocycles. The molecule has 38 heavy (non-hydrogen) atoms. The van der Waals surface area contributed by atoms with E-state index in [2.05, 4.69) is 4.74 Å². The molecule has 0 aromatic heterocycles. The molecule has 3 aromatic carbocycles. The minimum atomic E-state index is -4.31. The second kappa shape index (κ2) is 10.8. The minimum Gasteiger partial charge on any atom is -0.429 e. The molecule has 198 valence electrons. The molecule has 1 fully saturated rings. The monoisotopic (exact) mass is 533 g/mol. The molecule has 0 bridgehead atoms. The summed E-state index contributed by atoms with van der Waals surface area (Å²) in [6.07, 6.45) is 1.70. The molecule has 9 heteroatoms. The van der Waals surface area contributed by atoms with Crippen molar-refractivity contribution in [2.45, 2.75) is 25.9 Å². The molecule has 1 aliphatic carbocycles. The largest absolute Gasteiger partial charge is 0.429 e. The second-order valence-corrected chi connectivity index (χ2v) is 8.97. The highest BCUT2D eigenvalue weighted by atomic mass is 19.3. The Morgan fingerprint density at radius 3 is 2.03 bits per heavy atom. The SMILES string of the molecule is C/C=C(\C(F)=C/C1CC(C=N)C1)c1ccc(-c2ccc(C(F)(F)Oc3cc(F)c(F)c(F)c3)c(F)c2)cc1. The van der Waals surface area contributed by atoms with Crippen LogP contribution in [0.2, 0.25) is 0 Å². The van der Waals surface area contributed by atoms with Gasteiger partial charge in [-0.15, -0.1) is 0 Å². The number of alkyl halides is 2. The van der Waals surface area contributed by atoms with Gasteiger partial charge in [0.15, 0.2) is 17.5 Å². The van der Waals surface area contributed by atoms with Crippen LogP contribution in [0.1, 0.15) is 30.9 Å². The summed E-state index contributed by atoms with van der Waals surface area (Å²) in [7, 11) is 0. The first kappa shape index (κ1) is 27.2. The van der Waals surface area contributed by atoms with Crippen LogP contribution in [-0.2, 0) is 6.11 Å². The smallest absolute Gasteiger partial charge is 0.429 e. The van der Waals surface area contributed by atoms with Gasteiger partial charge in [-0.25, -0.2) is 22.0 Å². The Morgan fingerprint density at radius 1 is 0.868 bits per heavy atom. The van der Waals surface area contributed by atoms with Crippen molar-refractivity contribution in [3.63, 3.8) is 0 Å². The van der Waals surface area contributed by atoms with Crippen LogP contribution in [0.15, 0.2) is 72.6 Å². The first-order valence-corrected chi connectivity index (χ1v) is 11.7. The number of rotatable bonds is 8. The average Bonchev–Trinajstić information content (AvgIpc) is 2.84. The van der Waals surface area contributed by atoms with Crippen LogP contribution >= 0.6 is 0 Å². The number of halogens is 7. The zero-order valence-corrected chi connectivity index (χ0v) is 20.1. The van der Waals surface area contributed by atoms with Crippen molar-refractivity contribution in [1.82, 2.24) is 0 Å². The van der Waals surface area contributed by atoms with Crippen LogP contribution in [0.25, 0.3) is 16.7 Å². The molecule has 3 aromatic rings. The van der Waals surface area contributed by atoms with E-state index in [4.69, 9.17) is 5.41 Å². The van der Waals surface area contributed by atoms with Crippen LogP contribution < -0.4 is 4.74 Å². The summed E-state index contributed by atoms with van der Waals surface area (Å²) in [6, 6.07) is 9.73. The summed E-state index contributed by atoms with van der Waals surface area (Å²) in [6.45, 7) is 1.70. The van der Waals surface area contributed by atoms with Gasteiger partial charge in [0.25, 0.3) is 0 Å². The highest BCUT2D eigenvalue weighted by Gasteiger charge is 2.38. The molecule has 0 atom stereocenters. The molecule has 0 radical (unpaired) electrons. The highest BCUT2D eigenvalue weighted by molar-refractivity contribution is 5.78. The summed E-state index contributed by atoms with van der Waals surface area (Å²) >= 11 is 0. The maximum atomic E-state index is 14.9. The molecule has 0 unspecified atom stereocenters. The maximum absolute atomic E-state index is 14.9. The number of nitrogens with one attached hydrogen (secondary N) is 1. The van der Waals surface area contributed by atoms with E-state index in [1.807, 2.05) is 0 Å². The molecule has 0 saturated heterocycles. The summed E-state index contributed by atoms with van der Waals surface area (Å²) in [4.78, 5) is 0. The van der Waals surface area contributed by atoms with Crippen LogP contribution in [0.3, 0.4) is 0 Å². The van der Waals surface area contributed by atoms with Gasteiger partial charge >= 0.3 is 6.11 Å². The maximum Gasteiger partial charge on any atom is 0.429 e. The lowest BCUT2D eigenvalue weighted by Crippen LogP contribution is -2.23. The molecule has 1 saturated carbocycles. The van der Waals surface area contributed by atoms with Gasteiger partial charge in [0.05, 0.1) is 5.56 Å². The van der Waals surface area contributed by atoms with Crippen LogP contribution in [-0.4, -0.2) is 6.21 Å². The lowest BCUT2D eigenvalue weighted by molar-refractivity contribution is -0.187. The van der Waals surface area contributed by atoms with E-state index in [9.17, 15) is 30.7 Å². The van der Waals surface area contributed by atoms with Crippen molar-refractivity contribution >= 4 is 11.8 Å². The molecule has 0 spiro atoms. The van der Waals surface area contributed by atoms with Gasteiger partial charge < -0.3 is 10.1 Å². The first-order chi connectivity index (χ1) is 18.0. The molecule has 2 nitrogen and oxygen atoms in total. The fourth-order valence-corrected chi connectivity index (χ4v) is 4.29. The number of allylic oxidation sites excluding steroid dienone is 4. The molecule has 1 N–H and O–H groups in total. The van der Waals surface area contributed by atoms with Gasteiger partial charge in [0, 0.05) is 17.7 Å². The van der Waals surface area contributed by atoms with Crippen molar-refractivity contribution < 1.29 is 35.5 Å². The van der Waals surface area contributed by atoms with Crippen LogP contribution in [0.4, 0.5) is 30.7 Å². The molecule has 0 amide bonds. The Balaban J connectivity index is 1.51. The van der Waals surface area contributed by atoms with E-state index in [0.29, 0.717) is 16.7 Å². The average molecular weight is 533 g/mol. The molecular formula is C29H22F7NO. The predicted molar refractivity (Wildman–Crippen MR) is 131 cm³/mol. The van der Waals surface area contributed by atoms with Gasteiger partial charge in [-0.05, 0) is 72.7 Å². The second-order valence-electron chi connectivity index (χ2n) is 8.97. The van der Waals surface area contributed by atoms with E-state index in [0.717, 1.165) is 25.0 Å². The summed E-state index contributed by atoms with van der Waals surface area (Å²) in [5.41, 5.74) is 0.481. The van der Waals surface area contributed by atoms with Crippen molar-refractivity contribution in [2.24, 2.45) is 11.8 Å². The van der Waals surface area contributed by atoms with Gasteiger partial charge in [-0.2, -0.15) is 8.78 Å². The molecule has 4 rings (SSSR count). The molecule has 0 aliphatic heterocycles. The van der Waals surface area contributed by atoms with Gasteiger partial charge in [0.2, 0.25) is 0 Å². The quantitative estimate of drug-likeness (QED) is 0.133. The molecule has 1 aliphatic rings. The van der Waals surface area contributed by atoms with Gasteiger partial charge in [0.1, 0.15) is 17.4 Å². The third-order valence-corrected chi connectivity index (χ3v) is 6.39. The highest BCUT2D eigenvalue weighted by Crippen LogP contribution is 2.38. The summed E-state index contributed by atoms with van der Waals surface area (Å²) in [5, 5.41) is 7.25. The summed E-state index contributed by atoms with van der Waals surface area (Å²) < 4.78 is 103. The Hall–Kier alpha value is -3.88. The van der Waals surface area contributed by atoms with E-state index in [1.54, 1.807) is 43.3 Å². The van der Waals surface area contributed by atoms with Crippen molar-refractivity contribution in [1.29, 1.82) is 5.41 Å². The van der Waals surface area contributed by atoms with E-state index in [1.165, 1.54) is 12.3 Å². The zero-order valence-electron chi connectivity index (χ0n) is 20.1. The third-order valence-electron chi connectivity index (χ3n) is 6.39. The van der Waals surface area contributed by atoms with Crippen molar-refractivity contribution in [3.8, 4) is 16.9 Å². The lowest BCUT2D eigenvalue weighted by atomic mass is 9.75. The standard InChI is InChI=1S/C29H22F7NO/c1-2-22(24(30)11-16-9-17(10-16)15-37)19-5-3-18(4-6-19)20-7-8-23(25(31)12-20)29(35,36)38-21-13-26(32)28(34)27(33)14-21/h2-8,11-17,37H,9-10H2,1H3/b22-2-,24-11+,37-15?. The van der Waals surface area contributed by atoms with E-state index < -0.39 is 40.7 Å². The van der Waals surface area contributed by atoms with Crippen molar-refractivity contribution in [3.05, 3.63) is 107 Å². The lowest BCUT2D eigenvalue weighted by Gasteiger charge is -2.30. The van der Waals surface area contributed by atoms with E-state index in [-0.39, 0.29) is 35.4 Å². The first-order valence-electron chi connectivity index (χ1n) is 11.7. The fraction of sp³-hybridized carbons (Fsp3) is 0.207. The number of hydrogen-bond acceptors (Lipinski definition) is 2. The predicted octanol–water partition coefficient (Wildman–Crippen LogP) is 8.97. The number of benzene rings is 3. The van der Waals surface area contributed by atoms with Gasteiger partial charge in [-0.3, -0.25) is 0 Å². The topological polar surface area (TPSA) is 33.1 Å². The third kappa shape index (κ3) is 5.66. The Bertz CT molecular complexity index is 1380. The Morgan fingerprint density at radius 2 is 1.47 bits per heavy atom. The van der Waals surface area contributed by atoms with Crippen LogP contribution in [0.5, 0.6) is 5.75 Å². The van der Waals surface area contributed by atoms with Crippen molar-refractivity contribution in [2.75, 3.05) is 0 Å². The minimum absolute atomic E-state index is 0.0699. The van der Waals surface area contributed by atoms with Gasteiger partial charge in [-0.1, -0.05) is 36.4 Å². The number of ether oxygens (including phenoxy) is 1. The van der Waals surface area contributed by atoms with E-state index >= 15 is 0 Å². The van der Waals surface area contributed by atoms with Crippen LogP contribution in [0, 0.1) is 40.5 Å².